The van der Waals surface area contributed by atoms with Crippen LogP contribution in [0.2, 0.25) is 0 Å². The summed E-state index contributed by atoms with van der Waals surface area (Å²) in [6.07, 6.45) is 2.97. The van der Waals surface area contributed by atoms with Gasteiger partial charge in [-0.3, -0.25) is 14.6 Å². The number of rotatable bonds is 10. The number of nitrogens with one attached hydrogen (secondary N) is 1. The minimum absolute atomic E-state index is 0.0523. The number of fused-ring (bicyclic) bond motifs is 1. The molecule has 0 saturated heterocycles. The lowest BCUT2D eigenvalue weighted by Gasteiger charge is -2.38. The molecule has 1 aliphatic rings. The van der Waals surface area contributed by atoms with E-state index in [9.17, 15) is 22.4 Å². The van der Waals surface area contributed by atoms with Crippen LogP contribution in [0.15, 0.2) is 78.9 Å². The minimum Gasteiger partial charge on any atom is -0.365 e. The van der Waals surface area contributed by atoms with Crippen molar-refractivity contribution < 1.29 is 22.4 Å². The molecule has 0 atom stereocenters. The largest absolute Gasteiger partial charge is 0.365 e. The van der Waals surface area contributed by atoms with Gasteiger partial charge in [0.1, 0.15) is 12.5 Å². The molecular formula is C33H35FN6O4S. The van der Waals surface area contributed by atoms with Crippen LogP contribution in [0.25, 0.3) is 11.8 Å². The number of primary amides is 1. The zero-order valence-corrected chi connectivity index (χ0v) is 26.3. The first-order chi connectivity index (χ1) is 21.3. The predicted molar refractivity (Wildman–Crippen MR) is 170 cm³/mol. The lowest BCUT2D eigenvalue weighted by Crippen LogP contribution is -2.47. The molecule has 10 nitrogen and oxygen atoms in total. The molecule has 0 radical (unpaired) electrons. The molecule has 5 rings (SSSR count). The van der Waals surface area contributed by atoms with Crippen LogP contribution in [0.5, 0.6) is 0 Å². The van der Waals surface area contributed by atoms with Gasteiger partial charge in [-0.15, -0.1) is 4.41 Å². The Morgan fingerprint density at radius 2 is 1.73 bits per heavy atom. The second-order valence-corrected chi connectivity index (χ2v) is 13.3. The van der Waals surface area contributed by atoms with Gasteiger partial charge in [-0.05, 0) is 62.2 Å². The third-order valence-corrected chi connectivity index (χ3v) is 8.90. The fourth-order valence-corrected chi connectivity index (χ4v) is 6.45. The predicted octanol–water partition coefficient (Wildman–Crippen LogP) is 4.34. The van der Waals surface area contributed by atoms with Crippen molar-refractivity contribution in [1.29, 1.82) is 0 Å². The highest BCUT2D eigenvalue weighted by Gasteiger charge is 2.33. The summed E-state index contributed by atoms with van der Waals surface area (Å²) in [7, 11) is -3.74. The molecule has 0 aliphatic carbocycles. The maximum Gasteiger partial charge on any atom is 0.252 e. The van der Waals surface area contributed by atoms with Gasteiger partial charge in [0, 0.05) is 24.1 Å². The summed E-state index contributed by atoms with van der Waals surface area (Å²) < 4.78 is 42.1. The number of aromatic nitrogens is 2. The van der Waals surface area contributed by atoms with Crippen LogP contribution in [0.3, 0.4) is 0 Å². The van der Waals surface area contributed by atoms with Gasteiger partial charge >= 0.3 is 0 Å². The number of hydrogen-bond acceptors (Lipinski definition) is 6. The topological polar surface area (TPSA) is 131 Å². The summed E-state index contributed by atoms with van der Waals surface area (Å²) in [4.78, 5) is 26.3. The Balaban J connectivity index is 1.59. The number of benzene rings is 3. The quantitative estimate of drug-likeness (QED) is 0.268. The summed E-state index contributed by atoms with van der Waals surface area (Å²) in [5.74, 6) is -1.40. The van der Waals surface area contributed by atoms with E-state index in [0.29, 0.717) is 28.2 Å². The van der Waals surface area contributed by atoms with Crippen LogP contribution < -0.4 is 11.1 Å². The van der Waals surface area contributed by atoms with Gasteiger partial charge in [0.15, 0.2) is 0 Å². The van der Waals surface area contributed by atoms with Gasteiger partial charge in [-0.25, -0.2) is 17.5 Å². The number of hydrogen-bond donors (Lipinski definition) is 2. The van der Waals surface area contributed by atoms with Gasteiger partial charge in [-0.2, -0.15) is 5.10 Å². The average Bonchev–Trinajstić information content (AvgIpc) is 3.35. The Hall–Kier alpha value is -4.81. The molecule has 0 bridgehead atoms. The Bertz CT molecular complexity index is 1890. The number of hydrazine groups is 1. The van der Waals surface area contributed by atoms with Gasteiger partial charge < -0.3 is 11.1 Å². The smallest absolute Gasteiger partial charge is 0.252 e. The minimum atomic E-state index is -3.74. The van der Waals surface area contributed by atoms with Gasteiger partial charge in [-0.1, -0.05) is 54.6 Å². The number of nitrogens with two attached hydrogens (primary N) is 1. The zero-order valence-electron chi connectivity index (χ0n) is 25.5. The summed E-state index contributed by atoms with van der Waals surface area (Å²) in [6.45, 7) is 5.60. The first-order valence-corrected chi connectivity index (χ1v) is 16.2. The van der Waals surface area contributed by atoms with Crippen molar-refractivity contribution in [2.24, 2.45) is 5.73 Å². The van der Waals surface area contributed by atoms with Crippen molar-refractivity contribution >= 4 is 33.6 Å². The molecule has 3 N–H and O–H groups in total. The van der Waals surface area contributed by atoms with Crippen molar-refractivity contribution in [3.63, 3.8) is 0 Å². The molecule has 3 aromatic carbocycles. The van der Waals surface area contributed by atoms with Crippen molar-refractivity contribution in [1.82, 2.24) is 24.5 Å². The molecule has 1 aromatic heterocycles. The molecule has 2 amide bonds. The normalized spacial score (nSPS) is 13.4. The lowest BCUT2D eigenvalue weighted by atomic mass is 9.93. The molecule has 4 aromatic rings. The van der Waals surface area contributed by atoms with Gasteiger partial charge in [0.25, 0.3) is 11.8 Å². The number of carbonyl (C=O) groups is 2. The molecule has 2 heterocycles. The van der Waals surface area contributed by atoms with E-state index in [2.05, 4.69) is 10.4 Å². The number of halogens is 1. The van der Waals surface area contributed by atoms with Crippen molar-refractivity contribution in [3.05, 3.63) is 124 Å². The highest BCUT2D eigenvalue weighted by molar-refractivity contribution is 7.88. The molecule has 1 aliphatic heterocycles. The molecule has 45 heavy (non-hydrogen) atoms. The van der Waals surface area contributed by atoms with Crippen molar-refractivity contribution in [2.75, 3.05) is 12.8 Å². The third-order valence-electron chi connectivity index (χ3n) is 7.68. The lowest BCUT2D eigenvalue weighted by molar-refractivity contribution is 0.0909. The van der Waals surface area contributed by atoms with Gasteiger partial charge in [0.2, 0.25) is 10.0 Å². The number of sulfonamides is 1. The first-order valence-electron chi connectivity index (χ1n) is 14.4. The Morgan fingerprint density at radius 1 is 1.04 bits per heavy atom. The van der Waals surface area contributed by atoms with Crippen LogP contribution in [0, 0.1) is 5.82 Å². The molecule has 0 unspecified atom stereocenters. The Labute approximate surface area is 262 Å². The zero-order chi connectivity index (χ0) is 32.5. The Kier molecular flexibility index (Phi) is 8.63. The standard InChI is InChI=1S/C33H35FN6O4S/c1-5-40(45(4,43)44)39-21-38-29(30(31(35)41)27(37-38)18-22-14-16-26(34)17-15-22)20-28(39)23-10-9-11-24(19-23)32(42)36-33(2,3)25-12-7-6-8-13-25/h6-17,19-20H,5,18,21H2,1-4H3,(H2,35,41)(H,36,42). The second kappa shape index (κ2) is 12.3. The summed E-state index contributed by atoms with van der Waals surface area (Å²) in [5.41, 5.74) is 9.14. The average molecular weight is 631 g/mol. The Morgan fingerprint density at radius 3 is 2.36 bits per heavy atom. The van der Waals surface area contributed by atoms with E-state index in [1.54, 1.807) is 54.4 Å². The van der Waals surface area contributed by atoms with Crippen LogP contribution >= 0.6 is 0 Å². The number of nitrogens with zero attached hydrogens (tertiary/aromatic N) is 4. The van der Waals surface area contributed by atoms with Crippen LogP contribution in [-0.2, 0) is 28.7 Å². The SMILES string of the molecule is CCN(N1Cn2nc(Cc3ccc(F)cc3)c(C(N)=O)c2C=C1c1cccc(C(=O)NC(C)(C)c2ccccc2)c1)S(C)(=O)=O. The highest BCUT2D eigenvalue weighted by Crippen LogP contribution is 2.33. The van der Waals surface area contributed by atoms with E-state index in [1.807, 2.05) is 44.2 Å². The second-order valence-electron chi connectivity index (χ2n) is 11.4. The van der Waals surface area contributed by atoms with E-state index in [-0.39, 0.29) is 36.9 Å². The van der Waals surface area contributed by atoms with Crippen LogP contribution in [0.1, 0.15) is 69.6 Å². The monoisotopic (exact) mass is 630 g/mol. The molecular weight excluding hydrogens is 595 g/mol. The summed E-state index contributed by atoms with van der Waals surface area (Å²) in [5, 5.41) is 9.26. The number of amides is 2. The van der Waals surface area contributed by atoms with E-state index in [1.165, 1.54) is 21.2 Å². The maximum atomic E-state index is 13.5. The van der Waals surface area contributed by atoms with E-state index in [0.717, 1.165) is 17.4 Å². The maximum absolute atomic E-state index is 13.5. The fraction of sp³-hybridized carbons (Fsp3) is 0.242. The van der Waals surface area contributed by atoms with E-state index >= 15 is 0 Å². The first kappa shape index (κ1) is 31.6. The van der Waals surface area contributed by atoms with Crippen LogP contribution in [0.4, 0.5) is 4.39 Å². The fourth-order valence-electron chi connectivity index (χ4n) is 5.49. The molecule has 0 saturated carbocycles. The van der Waals surface area contributed by atoms with E-state index < -0.39 is 21.5 Å². The number of carbonyl (C=O) groups excluding carboxylic acids is 2. The molecule has 12 heteroatoms. The van der Waals surface area contributed by atoms with Gasteiger partial charge in [0.05, 0.1) is 34.4 Å². The summed E-state index contributed by atoms with van der Waals surface area (Å²) in [6, 6.07) is 22.3. The van der Waals surface area contributed by atoms with Crippen molar-refractivity contribution in [2.45, 2.75) is 39.4 Å². The summed E-state index contributed by atoms with van der Waals surface area (Å²) >= 11 is 0. The van der Waals surface area contributed by atoms with Crippen molar-refractivity contribution in [3.8, 4) is 0 Å². The van der Waals surface area contributed by atoms with E-state index in [4.69, 9.17) is 5.73 Å². The third kappa shape index (κ3) is 6.66. The van der Waals surface area contributed by atoms with Crippen LogP contribution in [-0.4, -0.2) is 52.2 Å². The molecule has 0 fully saturated rings. The molecule has 234 valence electrons. The molecule has 0 spiro atoms. The highest BCUT2D eigenvalue weighted by atomic mass is 32.2.